The van der Waals surface area contributed by atoms with E-state index in [-0.39, 0.29) is 0 Å². The normalized spacial score (nSPS) is 15.6. The van der Waals surface area contributed by atoms with Crippen LogP contribution in [-0.2, 0) is 0 Å². The first-order valence-corrected chi connectivity index (χ1v) is 10.2. The summed E-state index contributed by atoms with van der Waals surface area (Å²) in [5.74, 6) is 4.18. The van der Waals surface area contributed by atoms with Gasteiger partial charge in [0, 0.05) is 6.42 Å². The van der Waals surface area contributed by atoms with E-state index in [1.165, 1.54) is 51.4 Å². The number of hydrogen-bond donors (Lipinski definition) is 0. The molecular weight excluding hydrogens is 278 g/mol. The van der Waals surface area contributed by atoms with Gasteiger partial charge in [0.15, 0.2) is 0 Å². The van der Waals surface area contributed by atoms with Crippen LogP contribution in [0.15, 0.2) is 0 Å². The van der Waals surface area contributed by atoms with Gasteiger partial charge in [-0.05, 0) is 55.3 Å². The summed E-state index contributed by atoms with van der Waals surface area (Å²) in [6.07, 6.45) is 12.7. The Morgan fingerprint density at radius 1 is 0.652 bits per heavy atom. The van der Waals surface area contributed by atoms with Crippen molar-refractivity contribution in [2.75, 3.05) is 0 Å². The number of nitrogens with zero attached hydrogens (tertiary/aromatic N) is 1. The molecule has 0 aliphatic heterocycles. The third-order valence-electron chi connectivity index (χ3n) is 5.38. The first-order chi connectivity index (χ1) is 10.9. The van der Waals surface area contributed by atoms with Crippen LogP contribution >= 0.6 is 0 Å². The minimum Gasteiger partial charge on any atom is -0.198 e. The van der Waals surface area contributed by atoms with Crippen LogP contribution in [0.5, 0.6) is 0 Å². The summed E-state index contributed by atoms with van der Waals surface area (Å²) in [6, 6.07) is 2.29. The Morgan fingerprint density at radius 3 is 1.83 bits per heavy atom. The van der Waals surface area contributed by atoms with Crippen LogP contribution < -0.4 is 0 Å². The monoisotopic (exact) mass is 321 g/mol. The van der Waals surface area contributed by atoms with E-state index in [9.17, 15) is 0 Å². The van der Waals surface area contributed by atoms with Gasteiger partial charge in [0.05, 0.1) is 6.07 Å². The molecule has 0 radical (unpaired) electrons. The molecule has 0 spiro atoms. The lowest BCUT2D eigenvalue weighted by Crippen LogP contribution is -2.14. The Bertz CT molecular complexity index is 300. The lowest BCUT2D eigenvalue weighted by atomic mass is 9.80. The lowest BCUT2D eigenvalue weighted by Gasteiger charge is -2.26. The number of hydrogen-bond acceptors (Lipinski definition) is 1. The number of nitriles is 1. The summed E-state index contributed by atoms with van der Waals surface area (Å²) in [6.45, 7) is 14.2. The summed E-state index contributed by atoms with van der Waals surface area (Å²) in [5.41, 5.74) is 0. The highest BCUT2D eigenvalue weighted by Crippen LogP contribution is 2.30. The van der Waals surface area contributed by atoms with Crippen LogP contribution in [0.1, 0.15) is 106 Å². The van der Waals surface area contributed by atoms with E-state index in [0.29, 0.717) is 0 Å². The zero-order valence-electron chi connectivity index (χ0n) is 16.9. The highest BCUT2D eigenvalue weighted by Gasteiger charge is 2.18. The van der Waals surface area contributed by atoms with Crippen LogP contribution in [0.25, 0.3) is 0 Å². The molecule has 1 nitrogen and oxygen atoms in total. The summed E-state index contributed by atoms with van der Waals surface area (Å²) in [5, 5.41) is 8.74. The van der Waals surface area contributed by atoms with Gasteiger partial charge < -0.3 is 0 Å². The lowest BCUT2D eigenvalue weighted by molar-refractivity contribution is 0.255. The third kappa shape index (κ3) is 13.6. The van der Waals surface area contributed by atoms with Gasteiger partial charge in [-0.1, -0.05) is 73.6 Å². The topological polar surface area (TPSA) is 23.8 Å². The Kier molecular flexibility index (Phi) is 13.6. The van der Waals surface area contributed by atoms with Crippen molar-refractivity contribution in [3.05, 3.63) is 0 Å². The molecule has 0 amide bonds. The highest BCUT2D eigenvalue weighted by atomic mass is 14.3. The molecule has 3 atom stereocenters. The summed E-state index contributed by atoms with van der Waals surface area (Å²) >= 11 is 0. The quantitative estimate of drug-likeness (QED) is 0.302. The van der Waals surface area contributed by atoms with Gasteiger partial charge in [-0.15, -0.1) is 0 Å². The predicted molar refractivity (Wildman–Crippen MR) is 103 cm³/mol. The van der Waals surface area contributed by atoms with Gasteiger partial charge in [-0.25, -0.2) is 0 Å². The van der Waals surface area contributed by atoms with Crippen molar-refractivity contribution < 1.29 is 0 Å². The van der Waals surface area contributed by atoms with Crippen LogP contribution in [0.4, 0.5) is 0 Å². The van der Waals surface area contributed by atoms with Crippen LogP contribution in [0, 0.1) is 40.9 Å². The molecule has 1 heteroatoms. The largest absolute Gasteiger partial charge is 0.198 e. The Balaban J connectivity index is 4.20. The van der Waals surface area contributed by atoms with Gasteiger partial charge >= 0.3 is 0 Å². The first-order valence-electron chi connectivity index (χ1n) is 10.2. The van der Waals surface area contributed by atoms with Crippen LogP contribution in [0.2, 0.25) is 0 Å². The minimum atomic E-state index is 0.729. The second-order valence-electron chi connectivity index (χ2n) is 8.77. The fraction of sp³-hybridized carbons (Fsp3) is 0.955. The smallest absolute Gasteiger partial charge is 0.0621 e. The molecular formula is C22H43N. The van der Waals surface area contributed by atoms with Crippen molar-refractivity contribution in [1.29, 1.82) is 5.26 Å². The van der Waals surface area contributed by atoms with E-state index >= 15 is 0 Å². The van der Waals surface area contributed by atoms with Gasteiger partial charge in [-0.2, -0.15) is 5.26 Å². The van der Waals surface area contributed by atoms with Gasteiger partial charge in [0.2, 0.25) is 0 Å². The Labute approximate surface area is 147 Å². The maximum atomic E-state index is 8.74. The predicted octanol–water partition coefficient (Wildman–Crippen LogP) is 7.61. The van der Waals surface area contributed by atoms with Crippen molar-refractivity contribution in [2.45, 2.75) is 106 Å². The summed E-state index contributed by atoms with van der Waals surface area (Å²) < 4.78 is 0. The molecule has 0 saturated heterocycles. The Morgan fingerprint density at radius 2 is 1.26 bits per heavy atom. The summed E-state index contributed by atoms with van der Waals surface area (Å²) in [4.78, 5) is 0. The van der Waals surface area contributed by atoms with Gasteiger partial charge in [-0.3, -0.25) is 0 Å². The molecule has 0 aromatic heterocycles. The summed E-state index contributed by atoms with van der Waals surface area (Å²) in [7, 11) is 0. The fourth-order valence-corrected chi connectivity index (χ4v) is 3.52. The standard InChI is InChI=1S/C22H43N/c1-18(2)10-9-11-20(5)14-16-22(15-13-19(3)4)21(6)12-7-8-17-23/h18-22H,7-16H2,1-6H3. The van der Waals surface area contributed by atoms with E-state index in [4.69, 9.17) is 5.26 Å². The SMILES string of the molecule is CC(C)CCCC(C)CCC(CCC(C)C)C(C)CCCC#N. The van der Waals surface area contributed by atoms with E-state index in [1.54, 1.807) is 0 Å². The molecule has 0 N–H and O–H groups in total. The maximum Gasteiger partial charge on any atom is 0.0621 e. The van der Waals surface area contributed by atoms with E-state index < -0.39 is 0 Å². The second-order valence-corrected chi connectivity index (χ2v) is 8.77. The van der Waals surface area contributed by atoms with Crippen molar-refractivity contribution in [3.8, 4) is 6.07 Å². The third-order valence-corrected chi connectivity index (χ3v) is 5.38. The molecule has 0 saturated carbocycles. The zero-order chi connectivity index (χ0) is 17.7. The second kappa shape index (κ2) is 13.9. The fourth-order valence-electron chi connectivity index (χ4n) is 3.52. The zero-order valence-corrected chi connectivity index (χ0v) is 16.9. The molecule has 0 rings (SSSR count). The van der Waals surface area contributed by atoms with Gasteiger partial charge in [0.25, 0.3) is 0 Å². The van der Waals surface area contributed by atoms with Crippen molar-refractivity contribution in [2.24, 2.45) is 29.6 Å². The molecule has 3 unspecified atom stereocenters. The van der Waals surface area contributed by atoms with Crippen molar-refractivity contribution >= 4 is 0 Å². The molecule has 136 valence electrons. The van der Waals surface area contributed by atoms with Crippen LogP contribution in [0.3, 0.4) is 0 Å². The van der Waals surface area contributed by atoms with Crippen molar-refractivity contribution in [3.63, 3.8) is 0 Å². The molecule has 0 bridgehead atoms. The molecule has 23 heavy (non-hydrogen) atoms. The first kappa shape index (κ1) is 22.5. The maximum absolute atomic E-state index is 8.74. The van der Waals surface area contributed by atoms with E-state index in [1.807, 2.05) is 0 Å². The van der Waals surface area contributed by atoms with E-state index in [0.717, 1.165) is 42.4 Å². The van der Waals surface area contributed by atoms with Crippen LogP contribution in [-0.4, -0.2) is 0 Å². The minimum absolute atomic E-state index is 0.729. The average Bonchev–Trinajstić information content (AvgIpc) is 2.46. The molecule has 0 fully saturated rings. The van der Waals surface area contributed by atoms with E-state index in [2.05, 4.69) is 47.6 Å². The molecule has 0 aliphatic rings. The number of rotatable bonds is 14. The molecule has 0 aliphatic carbocycles. The van der Waals surface area contributed by atoms with Gasteiger partial charge in [0.1, 0.15) is 0 Å². The Hall–Kier alpha value is -0.510. The van der Waals surface area contributed by atoms with Crippen molar-refractivity contribution in [1.82, 2.24) is 0 Å². The molecule has 0 heterocycles. The number of unbranched alkanes of at least 4 members (excludes halogenated alkanes) is 1. The molecule has 0 aromatic rings. The average molecular weight is 322 g/mol. The molecule has 0 aromatic carbocycles. The highest BCUT2D eigenvalue weighted by molar-refractivity contribution is 4.73.